The molecule has 1 N–H and O–H groups in total. The van der Waals surface area contributed by atoms with E-state index < -0.39 is 0 Å². The molecule has 2 aromatic rings. The van der Waals surface area contributed by atoms with Crippen LogP contribution in [0.3, 0.4) is 0 Å². The molecule has 7 nitrogen and oxygen atoms in total. The zero-order chi connectivity index (χ0) is 19.8. The Hall–Kier alpha value is -1.87. The van der Waals surface area contributed by atoms with Crippen molar-refractivity contribution in [3.05, 3.63) is 20.8 Å². The van der Waals surface area contributed by atoms with Crippen molar-refractivity contribution in [1.82, 2.24) is 19.8 Å². The quantitative estimate of drug-likeness (QED) is 0.568. The van der Waals surface area contributed by atoms with Gasteiger partial charge in [0.25, 0.3) is 5.56 Å². The van der Waals surface area contributed by atoms with Crippen LogP contribution in [-0.4, -0.2) is 51.7 Å². The zero-order valence-electron chi connectivity index (χ0n) is 16.1. The van der Waals surface area contributed by atoms with Crippen LogP contribution in [0.25, 0.3) is 10.2 Å². The summed E-state index contributed by atoms with van der Waals surface area (Å²) in [6, 6.07) is 0.285. The van der Waals surface area contributed by atoms with Crippen molar-refractivity contribution < 1.29 is 9.59 Å². The Balaban J connectivity index is 1.45. The van der Waals surface area contributed by atoms with E-state index in [1.165, 1.54) is 27.1 Å². The fraction of sp³-hybridized carbons (Fsp3) is 0.579. The Morgan fingerprint density at radius 1 is 1.32 bits per heavy atom. The van der Waals surface area contributed by atoms with Crippen LogP contribution in [0, 0.1) is 0 Å². The lowest BCUT2D eigenvalue weighted by Crippen LogP contribution is -2.39. The van der Waals surface area contributed by atoms with Gasteiger partial charge in [-0.2, -0.15) is 0 Å². The topological polar surface area (TPSA) is 84.3 Å². The lowest BCUT2D eigenvalue weighted by atomic mass is 9.97. The number of thioether (sulfide) groups is 1. The van der Waals surface area contributed by atoms with Gasteiger partial charge in [-0.1, -0.05) is 11.8 Å². The lowest BCUT2D eigenvalue weighted by molar-refractivity contribution is -0.132. The van der Waals surface area contributed by atoms with E-state index in [1.807, 2.05) is 0 Å². The SMILES string of the molecule is CN(CC(=O)NC1CC1)C(=O)CSc1nc2sc3c(c2c(=O)n1C)CCCC3. The molecule has 0 aliphatic heterocycles. The summed E-state index contributed by atoms with van der Waals surface area (Å²) in [4.78, 5) is 45.3. The van der Waals surface area contributed by atoms with E-state index in [1.54, 1.807) is 30.0 Å². The van der Waals surface area contributed by atoms with Gasteiger partial charge in [0.05, 0.1) is 17.7 Å². The third-order valence-electron chi connectivity index (χ3n) is 5.23. The number of likely N-dealkylation sites (N-methyl/N-ethyl adjacent to an activating group) is 1. The summed E-state index contributed by atoms with van der Waals surface area (Å²) in [7, 11) is 3.33. The van der Waals surface area contributed by atoms with Crippen molar-refractivity contribution in [1.29, 1.82) is 0 Å². The number of hydrogen-bond acceptors (Lipinski definition) is 6. The summed E-state index contributed by atoms with van der Waals surface area (Å²) in [5, 5.41) is 4.18. The molecule has 0 unspecified atom stereocenters. The zero-order valence-corrected chi connectivity index (χ0v) is 17.8. The number of thiophene rings is 1. The highest BCUT2D eigenvalue weighted by atomic mass is 32.2. The van der Waals surface area contributed by atoms with Crippen LogP contribution < -0.4 is 10.9 Å². The van der Waals surface area contributed by atoms with Gasteiger partial charge >= 0.3 is 0 Å². The first-order valence-electron chi connectivity index (χ1n) is 9.61. The normalized spacial score (nSPS) is 16.1. The van der Waals surface area contributed by atoms with Crippen LogP contribution in [0.15, 0.2) is 9.95 Å². The average Bonchev–Trinajstić information content (AvgIpc) is 3.40. The molecule has 0 bridgehead atoms. The summed E-state index contributed by atoms with van der Waals surface area (Å²) >= 11 is 2.86. The van der Waals surface area contributed by atoms with Crippen molar-refractivity contribution in [2.45, 2.75) is 49.7 Å². The molecular formula is C19H24N4O3S2. The number of nitrogens with zero attached hydrogens (tertiary/aromatic N) is 3. The number of nitrogens with one attached hydrogen (secondary N) is 1. The van der Waals surface area contributed by atoms with Gasteiger partial charge in [-0.3, -0.25) is 19.0 Å². The van der Waals surface area contributed by atoms with Crippen LogP contribution in [0.5, 0.6) is 0 Å². The van der Waals surface area contributed by atoms with Gasteiger partial charge in [-0.05, 0) is 44.1 Å². The minimum atomic E-state index is -0.157. The van der Waals surface area contributed by atoms with E-state index in [9.17, 15) is 14.4 Å². The van der Waals surface area contributed by atoms with E-state index >= 15 is 0 Å². The minimum absolute atomic E-state index is 0.0310. The number of aromatic nitrogens is 2. The maximum Gasteiger partial charge on any atom is 0.262 e. The molecule has 4 rings (SSSR count). The molecule has 2 amide bonds. The van der Waals surface area contributed by atoms with Crippen molar-refractivity contribution in [3.8, 4) is 0 Å². The maximum atomic E-state index is 12.9. The average molecular weight is 421 g/mol. The number of fused-ring (bicyclic) bond motifs is 3. The highest BCUT2D eigenvalue weighted by Gasteiger charge is 2.25. The third kappa shape index (κ3) is 3.96. The summed E-state index contributed by atoms with van der Waals surface area (Å²) < 4.78 is 1.54. The van der Waals surface area contributed by atoms with Crippen LogP contribution in [0.4, 0.5) is 0 Å². The Kier molecular flexibility index (Phi) is 5.46. The molecule has 1 fully saturated rings. The second-order valence-electron chi connectivity index (χ2n) is 7.53. The number of rotatable bonds is 6. The molecule has 1 saturated carbocycles. The smallest absolute Gasteiger partial charge is 0.262 e. The van der Waals surface area contributed by atoms with Gasteiger partial charge in [-0.15, -0.1) is 11.3 Å². The molecule has 2 aromatic heterocycles. The van der Waals surface area contributed by atoms with Gasteiger partial charge in [0, 0.05) is 25.0 Å². The second-order valence-corrected chi connectivity index (χ2v) is 9.56. The minimum Gasteiger partial charge on any atom is -0.352 e. The molecule has 0 radical (unpaired) electrons. The van der Waals surface area contributed by atoms with Crippen LogP contribution in [0.2, 0.25) is 0 Å². The first-order valence-corrected chi connectivity index (χ1v) is 11.4. The number of hydrogen-bond donors (Lipinski definition) is 1. The first kappa shape index (κ1) is 19.4. The molecule has 0 spiro atoms. The van der Waals surface area contributed by atoms with Gasteiger partial charge < -0.3 is 10.2 Å². The van der Waals surface area contributed by atoms with Crippen LogP contribution >= 0.6 is 23.1 Å². The molecule has 2 aliphatic carbocycles. The molecule has 0 aromatic carbocycles. The van der Waals surface area contributed by atoms with Crippen molar-refractivity contribution >= 4 is 45.1 Å². The Labute approximate surface area is 171 Å². The highest BCUT2D eigenvalue weighted by Crippen LogP contribution is 2.34. The Morgan fingerprint density at radius 2 is 2.07 bits per heavy atom. The van der Waals surface area contributed by atoms with Gasteiger partial charge in [0.1, 0.15) is 4.83 Å². The summed E-state index contributed by atoms with van der Waals surface area (Å²) in [6.07, 6.45) is 6.30. The van der Waals surface area contributed by atoms with E-state index in [0.29, 0.717) is 5.16 Å². The van der Waals surface area contributed by atoms with Crippen LogP contribution in [0.1, 0.15) is 36.1 Å². The van der Waals surface area contributed by atoms with Gasteiger partial charge in [0.15, 0.2) is 5.16 Å². The van der Waals surface area contributed by atoms with Crippen molar-refractivity contribution in [2.75, 3.05) is 19.3 Å². The van der Waals surface area contributed by atoms with E-state index in [4.69, 9.17) is 0 Å². The number of carbonyl (C=O) groups is 2. The molecule has 28 heavy (non-hydrogen) atoms. The third-order valence-corrected chi connectivity index (χ3v) is 7.43. The van der Waals surface area contributed by atoms with E-state index in [-0.39, 0.29) is 35.7 Å². The van der Waals surface area contributed by atoms with E-state index in [2.05, 4.69) is 10.3 Å². The maximum absolute atomic E-state index is 12.9. The second kappa shape index (κ2) is 7.87. The molecule has 150 valence electrons. The predicted octanol–water partition coefficient (Wildman–Crippen LogP) is 1.70. The summed E-state index contributed by atoms with van der Waals surface area (Å²) in [5.74, 6) is -0.139. The lowest BCUT2D eigenvalue weighted by Gasteiger charge is -2.16. The highest BCUT2D eigenvalue weighted by molar-refractivity contribution is 7.99. The van der Waals surface area contributed by atoms with E-state index in [0.717, 1.165) is 48.7 Å². The monoisotopic (exact) mass is 420 g/mol. The Bertz CT molecular complexity index is 993. The summed E-state index contributed by atoms with van der Waals surface area (Å²) in [6.45, 7) is 0.0545. The predicted molar refractivity (Wildman–Crippen MR) is 111 cm³/mol. The van der Waals surface area contributed by atoms with Crippen molar-refractivity contribution in [2.24, 2.45) is 7.05 Å². The standard InChI is InChI=1S/C19H24N4O3S2/c1-22(9-14(24)20-11-7-8-11)15(25)10-27-19-21-17-16(18(26)23(19)2)12-5-3-4-6-13(12)28-17/h11H,3-10H2,1-2H3,(H,20,24). The Morgan fingerprint density at radius 3 is 2.82 bits per heavy atom. The van der Waals surface area contributed by atoms with Gasteiger partial charge in [-0.25, -0.2) is 4.98 Å². The fourth-order valence-electron chi connectivity index (χ4n) is 3.44. The fourth-order valence-corrected chi connectivity index (χ4v) is 5.65. The number of amides is 2. The first-order chi connectivity index (χ1) is 13.4. The van der Waals surface area contributed by atoms with Crippen LogP contribution in [-0.2, 0) is 29.5 Å². The molecule has 2 heterocycles. The number of aryl methyl sites for hydroxylation is 2. The molecule has 0 atom stereocenters. The van der Waals surface area contributed by atoms with Crippen molar-refractivity contribution in [3.63, 3.8) is 0 Å². The van der Waals surface area contributed by atoms with Gasteiger partial charge in [0.2, 0.25) is 11.8 Å². The molecular weight excluding hydrogens is 396 g/mol. The molecule has 0 saturated heterocycles. The molecule has 2 aliphatic rings. The molecule has 9 heteroatoms. The number of carbonyl (C=O) groups excluding carboxylic acids is 2. The largest absolute Gasteiger partial charge is 0.352 e. The summed E-state index contributed by atoms with van der Waals surface area (Å²) in [5.41, 5.74) is 1.14.